The van der Waals surface area contributed by atoms with Crippen LogP contribution >= 0.6 is 11.6 Å². The molecule has 0 aliphatic carbocycles. The first-order valence-electron chi connectivity index (χ1n) is 5.32. The van der Waals surface area contributed by atoms with Gasteiger partial charge in [0.15, 0.2) is 9.84 Å². The van der Waals surface area contributed by atoms with E-state index < -0.39 is 15.9 Å². The molecule has 0 unspecified atom stereocenters. The summed E-state index contributed by atoms with van der Waals surface area (Å²) >= 11 is 5.84. The molecular weight excluding hydrogens is 262 g/mol. The average Bonchev–Trinajstić information content (AvgIpc) is 2.49. The highest BCUT2D eigenvalue weighted by molar-refractivity contribution is 7.91. The van der Waals surface area contributed by atoms with Crippen LogP contribution < -0.4 is 5.32 Å². The van der Waals surface area contributed by atoms with Crippen LogP contribution in [-0.4, -0.2) is 37.2 Å². The molecule has 0 aromatic heterocycles. The topological polar surface area (TPSA) is 66.4 Å². The summed E-state index contributed by atoms with van der Waals surface area (Å²) in [7, 11) is -3.10. The van der Waals surface area contributed by atoms with Gasteiger partial charge >= 0.3 is 0 Å². The highest BCUT2D eigenvalue weighted by Crippen LogP contribution is 2.14. The van der Waals surface area contributed by atoms with Gasteiger partial charge in [-0.2, -0.15) is 0 Å². The number of aliphatic hydroxyl groups excluding tert-OH is 1. The Bertz CT molecular complexity index is 503. The van der Waals surface area contributed by atoms with E-state index in [1.165, 1.54) is 0 Å². The number of hydrogen-bond donors (Lipinski definition) is 2. The Balaban J connectivity index is 1.95. The van der Waals surface area contributed by atoms with Crippen molar-refractivity contribution in [3.8, 4) is 0 Å². The fraction of sp³-hybridized carbons (Fsp3) is 0.455. The Morgan fingerprint density at radius 3 is 2.76 bits per heavy atom. The summed E-state index contributed by atoms with van der Waals surface area (Å²) in [6, 6.07) is 6.93. The van der Waals surface area contributed by atoms with Crippen molar-refractivity contribution in [2.24, 2.45) is 0 Å². The molecule has 94 valence electrons. The minimum atomic E-state index is -3.10. The van der Waals surface area contributed by atoms with Crippen molar-refractivity contribution in [3.05, 3.63) is 34.9 Å². The Hall–Kier alpha value is -0.620. The second kappa shape index (κ2) is 4.94. The van der Waals surface area contributed by atoms with E-state index in [0.29, 0.717) is 11.6 Å². The maximum absolute atomic E-state index is 11.3. The van der Waals surface area contributed by atoms with Gasteiger partial charge in [0, 0.05) is 17.6 Å². The number of aliphatic hydroxyl groups is 1. The molecule has 2 N–H and O–H groups in total. The van der Waals surface area contributed by atoms with Crippen molar-refractivity contribution in [2.75, 3.05) is 11.5 Å². The molecule has 1 heterocycles. The maximum Gasteiger partial charge on any atom is 0.154 e. The van der Waals surface area contributed by atoms with Gasteiger partial charge in [-0.25, -0.2) is 8.42 Å². The lowest BCUT2D eigenvalue weighted by atomic mass is 10.2. The van der Waals surface area contributed by atoms with Crippen LogP contribution in [0.25, 0.3) is 0 Å². The quantitative estimate of drug-likeness (QED) is 0.847. The van der Waals surface area contributed by atoms with E-state index in [9.17, 15) is 13.5 Å². The first kappa shape index (κ1) is 12.8. The fourth-order valence-electron chi connectivity index (χ4n) is 1.92. The van der Waals surface area contributed by atoms with Crippen LogP contribution in [0.2, 0.25) is 5.02 Å². The van der Waals surface area contributed by atoms with Crippen LogP contribution in [0.4, 0.5) is 0 Å². The summed E-state index contributed by atoms with van der Waals surface area (Å²) in [5.74, 6) is -0.158. The van der Waals surface area contributed by atoms with Crippen LogP contribution in [0.15, 0.2) is 24.3 Å². The summed E-state index contributed by atoms with van der Waals surface area (Å²) in [6.07, 6.45) is -0.820. The molecule has 2 atom stereocenters. The average molecular weight is 276 g/mol. The van der Waals surface area contributed by atoms with Crippen LogP contribution in [0, 0.1) is 0 Å². The summed E-state index contributed by atoms with van der Waals surface area (Å²) < 4.78 is 22.6. The molecule has 6 heteroatoms. The van der Waals surface area contributed by atoms with Crippen molar-refractivity contribution >= 4 is 21.4 Å². The van der Waals surface area contributed by atoms with E-state index in [-0.39, 0.29) is 17.5 Å². The van der Waals surface area contributed by atoms with E-state index in [4.69, 9.17) is 11.6 Å². The zero-order valence-corrected chi connectivity index (χ0v) is 10.7. The molecule has 17 heavy (non-hydrogen) atoms. The fourth-order valence-corrected chi connectivity index (χ4v) is 3.91. The summed E-state index contributed by atoms with van der Waals surface area (Å²) in [6.45, 7) is 0.498. The summed E-state index contributed by atoms with van der Waals surface area (Å²) in [4.78, 5) is 0. The van der Waals surface area contributed by atoms with Gasteiger partial charge in [0.25, 0.3) is 0 Å². The third kappa shape index (κ3) is 3.42. The van der Waals surface area contributed by atoms with Crippen molar-refractivity contribution in [2.45, 2.75) is 18.7 Å². The summed E-state index contributed by atoms with van der Waals surface area (Å²) in [5.41, 5.74) is 0.967. The minimum absolute atomic E-state index is 0.00523. The minimum Gasteiger partial charge on any atom is -0.390 e. The second-order valence-corrected chi connectivity index (χ2v) is 6.85. The molecule has 0 radical (unpaired) electrons. The van der Waals surface area contributed by atoms with Crippen molar-refractivity contribution in [3.63, 3.8) is 0 Å². The number of nitrogens with one attached hydrogen (secondary N) is 1. The lowest BCUT2D eigenvalue weighted by Gasteiger charge is -2.14. The first-order chi connectivity index (χ1) is 7.96. The molecule has 2 rings (SSSR count). The molecule has 0 bridgehead atoms. The molecule has 1 aromatic rings. The highest BCUT2D eigenvalue weighted by atomic mass is 35.5. The predicted molar refractivity (Wildman–Crippen MR) is 66.7 cm³/mol. The number of sulfone groups is 1. The SMILES string of the molecule is O=S1(=O)C[C@@H](O)[C@H](NCc2cccc(Cl)c2)C1. The van der Waals surface area contributed by atoms with E-state index >= 15 is 0 Å². The maximum atomic E-state index is 11.3. The Kier molecular flexibility index (Phi) is 3.73. The third-order valence-corrected chi connectivity index (χ3v) is 4.73. The monoisotopic (exact) mass is 275 g/mol. The van der Waals surface area contributed by atoms with E-state index in [0.717, 1.165) is 5.56 Å². The molecule has 0 amide bonds. The van der Waals surface area contributed by atoms with Gasteiger partial charge < -0.3 is 10.4 Å². The normalized spacial score (nSPS) is 27.2. The van der Waals surface area contributed by atoms with Crippen LogP contribution in [-0.2, 0) is 16.4 Å². The van der Waals surface area contributed by atoms with Gasteiger partial charge in [-0.1, -0.05) is 23.7 Å². The number of rotatable bonds is 3. The van der Waals surface area contributed by atoms with Crippen LogP contribution in [0.5, 0.6) is 0 Å². The Labute approximate surface area is 106 Å². The van der Waals surface area contributed by atoms with Gasteiger partial charge in [0.1, 0.15) is 0 Å². The Morgan fingerprint density at radius 2 is 2.18 bits per heavy atom. The van der Waals surface area contributed by atoms with Gasteiger partial charge in [0.2, 0.25) is 0 Å². The largest absolute Gasteiger partial charge is 0.390 e. The lowest BCUT2D eigenvalue weighted by Crippen LogP contribution is -2.38. The predicted octanol–water partition coefficient (Wildman–Crippen LogP) is 0.588. The molecule has 4 nitrogen and oxygen atoms in total. The zero-order chi connectivity index (χ0) is 12.5. The smallest absolute Gasteiger partial charge is 0.154 e. The number of hydrogen-bond acceptors (Lipinski definition) is 4. The molecule has 1 fully saturated rings. The molecule has 0 saturated carbocycles. The molecule has 1 aromatic carbocycles. The van der Waals surface area contributed by atoms with E-state index in [2.05, 4.69) is 5.32 Å². The lowest BCUT2D eigenvalue weighted by molar-refractivity contribution is 0.165. The van der Waals surface area contributed by atoms with Gasteiger partial charge in [-0.15, -0.1) is 0 Å². The van der Waals surface area contributed by atoms with Crippen LogP contribution in [0.3, 0.4) is 0 Å². The van der Waals surface area contributed by atoms with Gasteiger partial charge in [-0.3, -0.25) is 0 Å². The second-order valence-electron chi connectivity index (χ2n) is 4.26. The molecular formula is C11H14ClNO3S. The Morgan fingerprint density at radius 1 is 1.41 bits per heavy atom. The van der Waals surface area contributed by atoms with Gasteiger partial charge in [-0.05, 0) is 17.7 Å². The molecule has 1 aliphatic heterocycles. The summed E-state index contributed by atoms with van der Waals surface area (Å²) in [5, 5.41) is 13.3. The van der Waals surface area contributed by atoms with E-state index in [1.807, 2.05) is 18.2 Å². The highest BCUT2D eigenvalue weighted by Gasteiger charge is 2.35. The van der Waals surface area contributed by atoms with Crippen molar-refractivity contribution in [1.29, 1.82) is 0 Å². The standard InChI is InChI=1S/C11H14ClNO3S/c12-9-3-1-2-8(4-9)5-13-10-6-17(15,16)7-11(10)14/h1-4,10-11,13-14H,5-7H2/t10-,11-/m1/s1. The van der Waals surface area contributed by atoms with E-state index in [1.54, 1.807) is 6.07 Å². The third-order valence-electron chi connectivity index (χ3n) is 2.78. The van der Waals surface area contributed by atoms with Crippen LogP contribution in [0.1, 0.15) is 5.56 Å². The number of benzene rings is 1. The van der Waals surface area contributed by atoms with Gasteiger partial charge in [0.05, 0.1) is 17.6 Å². The zero-order valence-electron chi connectivity index (χ0n) is 9.14. The first-order valence-corrected chi connectivity index (χ1v) is 7.52. The van der Waals surface area contributed by atoms with Crippen molar-refractivity contribution < 1.29 is 13.5 Å². The number of halogens is 1. The van der Waals surface area contributed by atoms with Crippen molar-refractivity contribution in [1.82, 2.24) is 5.32 Å². The molecule has 0 spiro atoms. The molecule has 1 saturated heterocycles. The molecule has 1 aliphatic rings.